The van der Waals surface area contributed by atoms with Crippen molar-refractivity contribution in [3.05, 3.63) is 112 Å². The van der Waals surface area contributed by atoms with Crippen molar-refractivity contribution in [3.63, 3.8) is 0 Å². The number of alkyl halides is 3. The van der Waals surface area contributed by atoms with Crippen LogP contribution >= 0.6 is 23.8 Å². The molecule has 0 saturated heterocycles. The number of amides is 1. The van der Waals surface area contributed by atoms with Gasteiger partial charge in [0.15, 0.2) is 5.82 Å². The number of thiocarbonyl (C=S) groups is 1. The van der Waals surface area contributed by atoms with Gasteiger partial charge < -0.3 is 10.6 Å². The number of hydrogen-bond donors (Lipinski definition) is 1. The topological polar surface area (TPSA) is 94.1 Å². The van der Waals surface area contributed by atoms with Crippen LogP contribution in [0.4, 0.5) is 19.1 Å². The van der Waals surface area contributed by atoms with Crippen molar-refractivity contribution in [2.45, 2.75) is 25.4 Å². The quantitative estimate of drug-likeness (QED) is 0.210. The number of anilines is 1. The highest BCUT2D eigenvalue weighted by atomic mass is 35.5. The van der Waals surface area contributed by atoms with Crippen LogP contribution in [0.25, 0.3) is 22.3 Å². The van der Waals surface area contributed by atoms with Crippen LogP contribution in [0.5, 0.6) is 0 Å². The Labute approximate surface area is 273 Å². The Morgan fingerprint density at radius 2 is 1.67 bits per heavy atom. The molecule has 6 rings (SSSR count). The molecule has 2 atom stereocenters. The first-order chi connectivity index (χ1) is 22.0. The fourth-order valence-electron chi connectivity index (χ4n) is 6.13. The first-order valence-electron chi connectivity index (χ1n) is 14.5. The normalized spacial score (nSPS) is 17.2. The van der Waals surface area contributed by atoms with Gasteiger partial charge in [0.05, 0.1) is 5.92 Å². The van der Waals surface area contributed by atoms with E-state index in [1.165, 1.54) is 0 Å². The van der Waals surface area contributed by atoms with E-state index >= 15 is 0 Å². The van der Waals surface area contributed by atoms with E-state index in [4.69, 9.17) is 29.6 Å². The fraction of sp³-hybridized carbons (Fsp3) is 0.206. The predicted molar refractivity (Wildman–Crippen MR) is 175 cm³/mol. The molecule has 0 radical (unpaired) electrons. The van der Waals surface area contributed by atoms with Crippen LogP contribution in [0.15, 0.2) is 84.9 Å². The minimum atomic E-state index is -4.56. The van der Waals surface area contributed by atoms with E-state index < -0.39 is 36.4 Å². The van der Waals surface area contributed by atoms with Gasteiger partial charge >= 0.3 is 6.18 Å². The molecule has 0 spiro atoms. The van der Waals surface area contributed by atoms with Crippen molar-refractivity contribution < 1.29 is 22.8 Å². The smallest absolute Gasteiger partial charge is 0.368 e. The van der Waals surface area contributed by atoms with Gasteiger partial charge in [-0.15, -0.1) is 5.10 Å². The zero-order chi connectivity index (χ0) is 32.7. The van der Waals surface area contributed by atoms with Gasteiger partial charge in [-0.1, -0.05) is 91.4 Å². The van der Waals surface area contributed by atoms with Crippen LogP contribution in [0.2, 0.25) is 5.02 Å². The highest BCUT2D eigenvalue weighted by molar-refractivity contribution is 7.81. The van der Waals surface area contributed by atoms with Gasteiger partial charge in [0.25, 0.3) is 5.91 Å². The molecule has 2 aliphatic carbocycles. The fourth-order valence-corrected chi connectivity index (χ4v) is 6.68. The van der Waals surface area contributed by atoms with Gasteiger partial charge in [0, 0.05) is 33.5 Å². The Morgan fingerprint density at radius 3 is 2.37 bits per heavy atom. The average molecular weight is 662 g/mol. The third-order valence-corrected chi connectivity index (χ3v) is 8.80. The molecule has 2 N–H and O–H groups in total. The SMILES string of the molecule is CCCN(CC(F)(F)F)C(=O)C1c2ccccc2C2=CC=C(c3nc(N)n(C(=O)c4ccccc4-c4ccc(Cl)cc4)n3)C(=S)C21. The van der Waals surface area contributed by atoms with Gasteiger partial charge in [-0.2, -0.15) is 22.8 Å². The predicted octanol–water partition coefficient (Wildman–Crippen LogP) is 7.23. The third kappa shape index (κ3) is 5.76. The molecule has 1 heterocycles. The maximum absolute atomic E-state index is 13.9. The molecule has 1 aromatic heterocycles. The van der Waals surface area contributed by atoms with Crippen LogP contribution in [0.1, 0.15) is 46.6 Å². The summed E-state index contributed by atoms with van der Waals surface area (Å²) in [6.07, 6.45) is -0.728. The average Bonchev–Trinajstić information content (AvgIpc) is 3.58. The molecule has 46 heavy (non-hydrogen) atoms. The number of carbonyl (C=O) groups excluding carboxylic acids is 2. The Morgan fingerprint density at radius 1 is 1.00 bits per heavy atom. The lowest BCUT2D eigenvalue weighted by atomic mass is 9.80. The Balaban J connectivity index is 1.36. The minimum absolute atomic E-state index is 0.0552. The van der Waals surface area contributed by atoms with Crippen LogP contribution < -0.4 is 5.73 Å². The van der Waals surface area contributed by atoms with E-state index in [-0.39, 0.29) is 23.2 Å². The molecule has 2 unspecified atom stereocenters. The number of rotatable bonds is 7. The lowest BCUT2D eigenvalue weighted by molar-refractivity contribution is -0.162. The number of nitrogens with zero attached hydrogens (tertiary/aromatic N) is 4. The second kappa shape index (κ2) is 12.3. The van der Waals surface area contributed by atoms with Crippen molar-refractivity contribution in [1.82, 2.24) is 19.7 Å². The Bertz CT molecular complexity index is 1930. The number of nitrogen functional groups attached to an aromatic ring is 1. The summed E-state index contributed by atoms with van der Waals surface area (Å²) < 4.78 is 41.6. The maximum atomic E-state index is 13.9. The Hall–Kier alpha value is -4.61. The molecule has 3 aromatic carbocycles. The first kappa shape index (κ1) is 31.4. The molecule has 4 aromatic rings. The molecule has 0 bridgehead atoms. The van der Waals surface area contributed by atoms with Crippen LogP contribution in [0, 0.1) is 5.92 Å². The molecule has 2 aliphatic rings. The number of carbonyl (C=O) groups is 2. The second-order valence-electron chi connectivity index (χ2n) is 11.0. The summed E-state index contributed by atoms with van der Waals surface area (Å²) in [7, 11) is 0. The lowest BCUT2D eigenvalue weighted by Crippen LogP contribution is -2.43. The molecular formula is C34H27ClF3N5O2S. The first-order valence-corrected chi connectivity index (χ1v) is 15.3. The van der Waals surface area contributed by atoms with E-state index in [1.54, 1.807) is 79.7 Å². The third-order valence-electron chi connectivity index (χ3n) is 8.07. The number of fused-ring (bicyclic) bond motifs is 3. The second-order valence-corrected chi connectivity index (χ2v) is 11.9. The van der Waals surface area contributed by atoms with Gasteiger partial charge in [-0.05, 0) is 58.5 Å². The molecule has 12 heteroatoms. The molecule has 0 aliphatic heterocycles. The number of nitrogens with two attached hydrogens (primary N) is 1. The summed E-state index contributed by atoms with van der Waals surface area (Å²) in [4.78, 5) is 33.2. The molecule has 0 saturated carbocycles. The standard InChI is InChI=1S/C34H27ClF3N5O2S/c1-2-17-42(18-34(36,37)38)32(45)28-23-9-5-4-8-22(23)24-15-16-26(29(46)27(24)28)30-40-33(39)43(41-30)31(44)25-10-6-3-7-21(25)19-11-13-20(35)14-12-19/h3-16,27-28H,2,17-18H2,1H3,(H2,39,40,41). The van der Waals surface area contributed by atoms with E-state index in [0.717, 1.165) is 26.3 Å². The zero-order valence-corrected chi connectivity index (χ0v) is 26.0. The van der Waals surface area contributed by atoms with Crippen LogP contribution in [-0.4, -0.2) is 55.6 Å². The van der Waals surface area contributed by atoms with E-state index in [9.17, 15) is 22.8 Å². The monoisotopic (exact) mass is 661 g/mol. The highest BCUT2D eigenvalue weighted by Crippen LogP contribution is 2.51. The van der Waals surface area contributed by atoms with Crippen LogP contribution in [-0.2, 0) is 4.79 Å². The summed E-state index contributed by atoms with van der Waals surface area (Å²) in [6.45, 7) is 0.306. The largest absolute Gasteiger partial charge is 0.406 e. The van der Waals surface area contributed by atoms with Crippen molar-refractivity contribution in [3.8, 4) is 11.1 Å². The molecule has 7 nitrogen and oxygen atoms in total. The van der Waals surface area contributed by atoms with Gasteiger partial charge in [-0.25, -0.2) is 0 Å². The van der Waals surface area contributed by atoms with Gasteiger partial charge in [0.2, 0.25) is 11.9 Å². The van der Waals surface area contributed by atoms with Crippen molar-refractivity contribution in [2.24, 2.45) is 5.92 Å². The number of aromatic nitrogens is 3. The number of halogens is 4. The van der Waals surface area contributed by atoms with Crippen molar-refractivity contribution in [1.29, 1.82) is 0 Å². The number of hydrogen-bond acceptors (Lipinski definition) is 6. The summed E-state index contributed by atoms with van der Waals surface area (Å²) >= 11 is 12.0. The summed E-state index contributed by atoms with van der Waals surface area (Å²) in [6, 6.07) is 21.2. The summed E-state index contributed by atoms with van der Waals surface area (Å²) in [5, 5.41) is 4.99. The Kier molecular flexibility index (Phi) is 8.39. The number of benzene rings is 3. The summed E-state index contributed by atoms with van der Waals surface area (Å²) in [5.41, 5.74) is 10.4. The molecular weight excluding hydrogens is 635 g/mol. The van der Waals surface area contributed by atoms with E-state index in [2.05, 4.69) is 10.1 Å². The lowest BCUT2D eigenvalue weighted by Gasteiger charge is -2.31. The molecule has 234 valence electrons. The highest BCUT2D eigenvalue weighted by Gasteiger charge is 2.48. The van der Waals surface area contributed by atoms with E-state index in [0.29, 0.717) is 33.7 Å². The minimum Gasteiger partial charge on any atom is -0.368 e. The van der Waals surface area contributed by atoms with Gasteiger partial charge in [-0.3, -0.25) is 9.59 Å². The van der Waals surface area contributed by atoms with E-state index in [1.807, 2.05) is 12.1 Å². The van der Waals surface area contributed by atoms with Crippen LogP contribution in [0.3, 0.4) is 0 Å². The van der Waals surface area contributed by atoms with Gasteiger partial charge in [0.1, 0.15) is 6.54 Å². The summed E-state index contributed by atoms with van der Waals surface area (Å²) in [5.74, 6) is -2.99. The molecule has 1 amide bonds. The maximum Gasteiger partial charge on any atom is 0.406 e. The molecule has 0 fully saturated rings. The number of allylic oxidation sites excluding steroid dienone is 4. The zero-order valence-electron chi connectivity index (χ0n) is 24.5. The van der Waals surface area contributed by atoms with Crippen molar-refractivity contribution in [2.75, 3.05) is 18.8 Å². The van der Waals surface area contributed by atoms with Crippen molar-refractivity contribution >= 4 is 57.6 Å².